The van der Waals surface area contributed by atoms with E-state index in [4.69, 9.17) is 5.73 Å². The van der Waals surface area contributed by atoms with Crippen LogP contribution >= 0.6 is 11.3 Å². The third-order valence-corrected chi connectivity index (χ3v) is 3.21. The van der Waals surface area contributed by atoms with E-state index in [1.54, 1.807) is 6.07 Å². The lowest BCUT2D eigenvalue weighted by Crippen LogP contribution is -2.19. The second-order valence-electron chi connectivity index (χ2n) is 3.08. The van der Waals surface area contributed by atoms with Gasteiger partial charge in [0.05, 0.1) is 6.42 Å². The first-order valence-electron chi connectivity index (χ1n) is 4.33. The Morgan fingerprint density at radius 2 is 2.07 bits per heavy atom. The Morgan fingerprint density at radius 1 is 1.43 bits per heavy atom. The van der Waals surface area contributed by atoms with Gasteiger partial charge in [0.15, 0.2) is 0 Å². The molecule has 0 fully saturated rings. The molecular formula is C9H12F3NS. The van der Waals surface area contributed by atoms with Crippen LogP contribution in [0.5, 0.6) is 0 Å². The van der Waals surface area contributed by atoms with Gasteiger partial charge in [-0.05, 0) is 18.6 Å². The average Bonchev–Trinajstić information content (AvgIpc) is 2.48. The normalized spacial score (nSPS) is 14.4. The number of alkyl halides is 3. The Bertz CT molecular complexity index is 292. The van der Waals surface area contributed by atoms with Gasteiger partial charge in [0, 0.05) is 15.8 Å². The Labute approximate surface area is 84.7 Å². The summed E-state index contributed by atoms with van der Waals surface area (Å²) in [6, 6.07) is 2.59. The number of halogens is 3. The number of aryl methyl sites for hydroxylation is 1. The topological polar surface area (TPSA) is 26.0 Å². The summed E-state index contributed by atoms with van der Waals surface area (Å²) in [5.41, 5.74) is 5.44. The van der Waals surface area contributed by atoms with Crippen molar-refractivity contribution in [1.82, 2.24) is 0 Å². The molecule has 0 unspecified atom stereocenters. The Hall–Kier alpha value is -0.550. The van der Waals surface area contributed by atoms with Gasteiger partial charge in [0.2, 0.25) is 0 Å². The van der Waals surface area contributed by atoms with Crippen molar-refractivity contribution in [3.05, 3.63) is 21.9 Å². The molecule has 2 N–H and O–H groups in total. The highest BCUT2D eigenvalue weighted by atomic mass is 32.1. The molecular weight excluding hydrogens is 211 g/mol. The maximum Gasteiger partial charge on any atom is 0.390 e. The zero-order valence-electron chi connectivity index (χ0n) is 7.77. The van der Waals surface area contributed by atoms with Crippen molar-refractivity contribution in [2.24, 2.45) is 5.73 Å². The molecule has 0 aromatic carbocycles. The van der Waals surface area contributed by atoms with Gasteiger partial charge in [-0.3, -0.25) is 0 Å². The SMILES string of the molecule is CCc1ccc([C@H](N)CC(F)(F)F)s1. The smallest absolute Gasteiger partial charge is 0.323 e. The molecule has 0 aliphatic rings. The van der Waals surface area contributed by atoms with Crippen LogP contribution in [-0.2, 0) is 6.42 Å². The summed E-state index contributed by atoms with van der Waals surface area (Å²) in [6.45, 7) is 1.96. The van der Waals surface area contributed by atoms with E-state index in [1.165, 1.54) is 11.3 Å². The third kappa shape index (κ3) is 3.31. The van der Waals surface area contributed by atoms with Gasteiger partial charge in [-0.25, -0.2) is 0 Å². The lowest BCUT2D eigenvalue weighted by atomic mass is 10.2. The van der Waals surface area contributed by atoms with Crippen LogP contribution in [-0.4, -0.2) is 6.18 Å². The van der Waals surface area contributed by atoms with Gasteiger partial charge in [-0.15, -0.1) is 11.3 Å². The van der Waals surface area contributed by atoms with Crippen molar-refractivity contribution in [3.8, 4) is 0 Å². The number of nitrogens with two attached hydrogens (primary N) is 1. The molecule has 0 spiro atoms. The second-order valence-corrected chi connectivity index (χ2v) is 4.28. The van der Waals surface area contributed by atoms with Crippen molar-refractivity contribution in [1.29, 1.82) is 0 Å². The second kappa shape index (κ2) is 4.31. The van der Waals surface area contributed by atoms with E-state index >= 15 is 0 Å². The van der Waals surface area contributed by atoms with Crippen LogP contribution < -0.4 is 5.73 Å². The van der Waals surface area contributed by atoms with Crippen LogP contribution in [0.3, 0.4) is 0 Å². The molecule has 1 rings (SSSR count). The molecule has 80 valence electrons. The predicted molar refractivity (Wildman–Crippen MR) is 51.3 cm³/mol. The fourth-order valence-corrected chi connectivity index (χ4v) is 2.09. The first kappa shape index (κ1) is 11.5. The van der Waals surface area contributed by atoms with Crippen LogP contribution in [0.15, 0.2) is 12.1 Å². The highest BCUT2D eigenvalue weighted by Crippen LogP contribution is 2.31. The Kier molecular flexibility index (Phi) is 3.55. The summed E-state index contributed by atoms with van der Waals surface area (Å²) in [5, 5.41) is 0. The van der Waals surface area contributed by atoms with Crippen LogP contribution in [0, 0.1) is 0 Å². The maximum absolute atomic E-state index is 12.0. The molecule has 1 aromatic rings. The molecule has 0 aliphatic heterocycles. The molecule has 0 bridgehead atoms. The molecule has 14 heavy (non-hydrogen) atoms. The van der Waals surface area contributed by atoms with Crippen molar-refractivity contribution >= 4 is 11.3 Å². The first-order valence-corrected chi connectivity index (χ1v) is 5.15. The average molecular weight is 223 g/mol. The van der Waals surface area contributed by atoms with Gasteiger partial charge in [0.1, 0.15) is 0 Å². The molecule has 0 saturated carbocycles. The zero-order valence-corrected chi connectivity index (χ0v) is 8.58. The van der Waals surface area contributed by atoms with Crippen LogP contribution in [0.25, 0.3) is 0 Å². The summed E-state index contributed by atoms with van der Waals surface area (Å²) in [4.78, 5) is 1.68. The fraction of sp³-hybridized carbons (Fsp3) is 0.556. The fourth-order valence-electron chi connectivity index (χ4n) is 1.13. The van der Waals surface area contributed by atoms with Crippen molar-refractivity contribution < 1.29 is 13.2 Å². The summed E-state index contributed by atoms with van der Waals surface area (Å²) >= 11 is 1.36. The third-order valence-electron chi connectivity index (χ3n) is 1.85. The quantitative estimate of drug-likeness (QED) is 0.836. The van der Waals surface area contributed by atoms with Gasteiger partial charge < -0.3 is 5.73 Å². The van der Waals surface area contributed by atoms with E-state index in [0.717, 1.165) is 11.3 Å². The standard InChI is InChI=1S/C9H12F3NS/c1-2-6-3-4-8(14-6)7(13)5-9(10,11)12/h3-4,7H,2,5,13H2,1H3/t7-/m1/s1. The minimum absolute atomic E-state index is 0.610. The largest absolute Gasteiger partial charge is 0.390 e. The summed E-state index contributed by atoms with van der Waals surface area (Å²) in [5.74, 6) is 0. The van der Waals surface area contributed by atoms with E-state index in [0.29, 0.717) is 4.88 Å². The molecule has 1 heterocycles. The van der Waals surface area contributed by atoms with Crippen molar-refractivity contribution in [3.63, 3.8) is 0 Å². The highest BCUT2D eigenvalue weighted by molar-refractivity contribution is 7.12. The number of thiophene rings is 1. The molecule has 1 atom stereocenters. The number of hydrogen-bond donors (Lipinski definition) is 1. The van der Waals surface area contributed by atoms with Crippen LogP contribution in [0.1, 0.15) is 29.1 Å². The number of hydrogen-bond acceptors (Lipinski definition) is 2. The number of rotatable bonds is 3. The van der Waals surface area contributed by atoms with Gasteiger partial charge in [-0.1, -0.05) is 6.92 Å². The first-order chi connectivity index (χ1) is 6.42. The van der Waals surface area contributed by atoms with Gasteiger partial charge in [-0.2, -0.15) is 13.2 Å². The van der Waals surface area contributed by atoms with E-state index in [9.17, 15) is 13.2 Å². The van der Waals surface area contributed by atoms with Gasteiger partial charge in [0.25, 0.3) is 0 Å². The zero-order chi connectivity index (χ0) is 10.8. The maximum atomic E-state index is 12.0. The lowest BCUT2D eigenvalue weighted by Gasteiger charge is -2.11. The summed E-state index contributed by atoms with van der Waals surface area (Å²) in [6.07, 6.45) is -4.30. The molecule has 0 radical (unpaired) electrons. The van der Waals surface area contributed by atoms with Crippen molar-refractivity contribution in [2.75, 3.05) is 0 Å². The molecule has 1 nitrogen and oxygen atoms in total. The monoisotopic (exact) mass is 223 g/mol. The van der Waals surface area contributed by atoms with E-state index in [2.05, 4.69) is 0 Å². The highest BCUT2D eigenvalue weighted by Gasteiger charge is 2.31. The van der Waals surface area contributed by atoms with Crippen LogP contribution in [0.4, 0.5) is 13.2 Å². The minimum Gasteiger partial charge on any atom is -0.323 e. The van der Waals surface area contributed by atoms with E-state index in [-0.39, 0.29) is 0 Å². The molecule has 0 saturated heterocycles. The molecule has 0 amide bonds. The molecule has 1 aromatic heterocycles. The summed E-state index contributed by atoms with van der Waals surface area (Å²) < 4.78 is 36.0. The predicted octanol–water partition coefficient (Wildman–Crippen LogP) is 3.26. The van der Waals surface area contributed by atoms with Crippen LogP contribution in [0.2, 0.25) is 0 Å². The van der Waals surface area contributed by atoms with E-state index < -0.39 is 18.6 Å². The minimum atomic E-state index is -4.18. The lowest BCUT2D eigenvalue weighted by molar-refractivity contribution is -0.138. The van der Waals surface area contributed by atoms with E-state index in [1.807, 2.05) is 13.0 Å². The van der Waals surface area contributed by atoms with Crippen molar-refractivity contribution in [2.45, 2.75) is 32.0 Å². The summed E-state index contributed by atoms with van der Waals surface area (Å²) in [7, 11) is 0. The Morgan fingerprint density at radius 3 is 2.50 bits per heavy atom. The Balaban J connectivity index is 2.65. The van der Waals surface area contributed by atoms with Gasteiger partial charge >= 0.3 is 6.18 Å². The molecule has 0 aliphatic carbocycles. The molecule has 5 heteroatoms.